The zero-order valence-electron chi connectivity index (χ0n) is 52.3. The highest BCUT2D eigenvalue weighted by Gasteiger charge is 2.19. The third kappa shape index (κ3) is 64.6. The lowest BCUT2D eigenvalue weighted by Crippen LogP contribution is -2.30. The number of unbranched alkanes of at least 4 members (excludes halogenated alkanes) is 50. The first-order chi connectivity index (χ1) is 38.0. The molecule has 1 unspecified atom stereocenters. The lowest BCUT2D eigenvalue weighted by Gasteiger charge is -2.18. The Morgan fingerprint density at radius 3 is 0.740 bits per heavy atom. The van der Waals surface area contributed by atoms with Gasteiger partial charge in [0, 0.05) is 19.3 Å². The zero-order valence-corrected chi connectivity index (χ0v) is 52.3. The molecule has 0 saturated heterocycles. The standard InChI is InChI=1S/C71H134O6/c1-4-7-10-13-16-19-22-25-28-31-34-37-40-43-46-49-52-55-58-61-64-70(73)76-67-68(66-75-69(72)63-60-57-54-51-48-45-42-39-36-33-30-27-24-21-18-15-12-9-6-3)77-71(74)65-62-59-56-53-50-47-44-41-38-35-32-29-26-23-20-17-14-11-8-5-2/h18,21,27,30,68H,4-17,19-20,22-26,28-29,31-67H2,1-3H3/b21-18-,30-27-. The van der Waals surface area contributed by atoms with Gasteiger partial charge in [-0.05, 0) is 51.4 Å². The molecule has 0 heterocycles. The molecule has 0 aromatic heterocycles. The van der Waals surface area contributed by atoms with E-state index in [1.54, 1.807) is 0 Å². The van der Waals surface area contributed by atoms with Gasteiger partial charge in [0.05, 0.1) is 0 Å². The molecule has 0 aromatic rings. The van der Waals surface area contributed by atoms with Gasteiger partial charge in [-0.3, -0.25) is 14.4 Å². The summed E-state index contributed by atoms with van der Waals surface area (Å²) in [6.45, 7) is 6.70. The number of rotatable bonds is 65. The second-order valence-corrected chi connectivity index (χ2v) is 23.8. The maximum absolute atomic E-state index is 13.0. The highest BCUT2D eigenvalue weighted by molar-refractivity contribution is 5.71. The monoisotopic (exact) mass is 1080 g/mol. The average Bonchev–Trinajstić information content (AvgIpc) is 3.43. The minimum atomic E-state index is -0.770. The number of carbonyl (C=O) groups excluding carboxylic acids is 3. The van der Waals surface area contributed by atoms with Crippen LogP contribution in [0, 0.1) is 0 Å². The second kappa shape index (κ2) is 66.4. The summed E-state index contributed by atoms with van der Waals surface area (Å²) in [5, 5.41) is 0. The summed E-state index contributed by atoms with van der Waals surface area (Å²) in [4.78, 5) is 38.5. The molecule has 6 nitrogen and oxygen atoms in total. The van der Waals surface area contributed by atoms with E-state index in [-0.39, 0.29) is 31.1 Å². The van der Waals surface area contributed by atoms with E-state index in [1.165, 1.54) is 289 Å². The van der Waals surface area contributed by atoms with Crippen molar-refractivity contribution in [1.29, 1.82) is 0 Å². The molecule has 0 aliphatic heterocycles. The fourth-order valence-corrected chi connectivity index (χ4v) is 10.7. The van der Waals surface area contributed by atoms with E-state index in [0.717, 1.165) is 64.2 Å². The van der Waals surface area contributed by atoms with Gasteiger partial charge in [-0.1, -0.05) is 347 Å². The van der Waals surface area contributed by atoms with Crippen molar-refractivity contribution in [2.45, 2.75) is 399 Å². The van der Waals surface area contributed by atoms with Crippen LogP contribution in [-0.2, 0) is 28.6 Å². The van der Waals surface area contributed by atoms with Crippen molar-refractivity contribution in [3.05, 3.63) is 24.3 Å². The largest absolute Gasteiger partial charge is 0.462 e. The molecule has 454 valence electrons. The van der Waals surface area contributed by atoms with E-state index in [4.69, 9.17) is 14.2 Å². The van der Waals surface area contributed by atoms with E-state index >= 15 is 0 Å². The summed E-state index contributed by atoms with van der Waals surface area (Å²) in [5.41, 5.74) is 0. The third-order valence-electron chi connectivity index (χ3n) is 16.0. The normalized spacial score (nSPS) is 12.1. The Bertz CT molecular complexity index is 1240. The van der Waals surface area contributed by atoms with Crippen LogP contribution < -0.4 is 0 Å². The van der Waals surface area contributed by atoms with Crippen molar-refractivity contribution in [2.24, 2.45) is 0 Å². The van der Waals surface area contributed by atoms with E-state index in [0.29, 0.717) is 19.3 Å². The fourth-order valence-electron chi connectivity index (χ4n) is 10.7. The van der Waals surface area contributed by atoms with Crippen LogP contribution in [0.5, 0.6) is 0 Å². The van der Waals surface area contributed by atoms with Crippen LogP contribution in [0.25, 0.3) is 0 Å². The van der Waals surface area contributed by atoms with Gasteiger partial charge >= 0.3 is 17.9 Å². The maximum atomic E-state index is 13.0. The van der Waals surface area contributed by atoms with Crippen molar-refractivity contribution in [1.82, 2.24) is 0 Å². The second-order valence-electron chi connectivity index (χ2n) is 23.8. The molecule has 0 saturated carbocycles. The van der Waals surface area contributed by atoms with Crippen LogP contribution in [0.2, 0.25) is 0 Å². The lowest BCUT2D eigenvalue weighted by atomic mass is 10.0. The van der Waals surface area contributed by atoms with Gasteiger partial charge in [-0.2, -0.15) is 0 Å². The molecular weight excluding hydrogens is 949 g/mol. The van der Waals surface area contributed by atoms with Crippen molar-refractivity contribution >= 4 is 17.9 Å². The predicted octanol–water partition coefficient (Wildman–Crippen LogP) is 23.8. The van der Waals surface area contributed by atoms with E-state index < -0.39 is 6.10 Å². The summed E-state index contributed by atoms with van der Waals surface area (Å²) in [7, 11) is 0. The first-order valence-corrected chi connectivity index (χ1v) is 34.8. The minimum absolute atomic E-state index is 0.0656. The first-order valence-electron chi connectivity index (χ1n) is 34.8. The Kier molecular flexibility index (Phi) is 64.6. The van der Waals surface area contributed by atoms with Crippen LogP contribution in [0.1, 0.15) is 393 Å². The molecule has 0 rings (SSSR count). The number of carbonyl (C=O) groups is 3. The fraction of sp³-hybridized carbons (Fsp3) is 0.901. The summed E-state index contributed by atoms with van der Waals surface area (Å²) >= 11 is 0. The molecule has 6 heteroatoms. The van der Waals surface area contributed by atoms with Crippen LogP contribution >= 0.6 is 0 Å². The third-order valence-corrected chi connectivity index (χ3v) is 16.0. The van der Waals surface area contributed by atoms with Gasteiger partial charge in [0.1, 0.15) is 13.2 Å². The minimum Gasteiger partial charge on any atom is -0.462 e. The van der Waals surface area contributed by atoms with Crippen molar-refractivity contribution in [2.75, 3.05) is 13.2 Å². The molecule has 1 atom stereocenters. The van der Waals surface area contributed by atoms with E-state index in [9.17, 15) is 14.4 Å². The van der Waals surface area contributed by atoms with Gasteiger partial charge in [0.25, 0.3) is 0 Å². The number of esters is 3. The summed E-state index contributed by atoms with van der Waals surface area (Å²) in [6, 6.07) is 0. The molecule has 0 amide bonds. The Labute approximate surface area is 481 Å². The van der Waals surface area contributed by atoms with Crippen molar-refractivity contribution in [3.8, 4) is 0 Å². The summed E-state index contributed by atoms with van der Waals surface area (Å²) < 4.78 is 17.0. The summed E-state index contributed by atoms with van der Waals surface area (Å²) in [5.74, 6) is -0.835. The molecule has 0 aliphatic rings. The molecule has 0 aromatic carbocycles. The molecule has 0 spiro atoms. The highest BCUT2D eigenvalue weighted by Crippen LogP contribution is 2.19. The van der Waals surface area contributed by atoms with Gasteiger partial charge in [0.15, 0.2) is 6.10 Å². The number of hydrogen-bond acceptors (Lipinski definition) is 6. The lowest BCUT2D eigenvalue weighted by molar-refractivity contribution is -0.167. The van der Waals surface area contributed by atoms with Crippen LogP contribution in [-0.4, -0.2) is 37.2 Å². The van der Waals surface area contributed by atoms with Gasteiger partial charge in [0.2, 0.25) is 0 Å². The van der Waals surface area contributed by atoms with Gasteiger partial charge < -0.3 is 14.2 Å². The Balaban J connectivity index is 4.30. The predicted molar refractivity (Wildman–Crippen MR) is 335 cm³/mol. The quantitative estimate of drug-likeness (QED) is 0.0261. The topological polar surface area (TPSA) is 78.9 Å². The average molecular weight is 1080 g/mol. The molecule has 77 heavy (non-hydrogen) atoms. The van der Waals surface area contributed by atoms with Gasteiger partial charge in [-0.15, -0.1) is 0 Å². The van der Waals surface area contributed by atoms with E-state index in [1.807, 2.05) is 0 Å². The van der Waals surface area contributed by atoms with Crippen molar-refractivity contribution in [3.63, 3.8) is 0 Å². The molecule has 0 aliphatic carbocycles. The summed E-state index contributed by atoms with van der Waals surface area (Å²) in [6.07, 6.45) is 80.5. The van der Waals surface area contributed by atoms with Crippen molar-refractivity contribution < 1.29 is 28.6 Å². The van der Waals surface area contributed by atoms with Crippen LogP contribution in [0.4, 0.5) is 0 Å². The Morgan fingerprint density at radius 2 is 0.468 bits per heavy atom. The van der Waals surface area contributed by atoms with Crippen LogP contribution in [0.3, 0.4) is 0 Å². The SMILES string of the molecule is CCCCC/C=C\C/C=C\CCCCCCCCCCCC(=O)OCC(COC(=O)CCCCCCCCCCCCCCCCCCCCCC)OC(=O)CCCCCCCCCCCCCCCCCCCCCC. The maximum Gasteiger partial charge on any atom is 0.306 e. The Hall–Kier alpha value is -2.11. The van der Waals surface area contributed by atoms with E-state index in [2.05, 4.69) is 45.1 Å². The number of ether oxygens (including phenoxy) is 3. The van der Waals surface area contributed by atoms with Gasteiger partial charge in [-0.25, -0.2) is 0 Å². The Morgan fingerprint density at radius 1 is 0.260 bits per heavy atom. The number of allylic oxidation sites excluding steroid dienone is 4. The smallest absolute Gasteiger partial charge is 0.306 e. The molecule has 0 radical (unpaired) electrons. The first kappa shape index (κ1) is 74.9. The number of hydrogen-bond donors (Lipinski definition) is 0. The molecule has 0 fully saturated rings. The highest BCUT2D eigenvalue weighted by atomic mass is 16.6. The molecule has 0 bridgehead atoms. The molecule has 0 N–H and O–H groups in total. The van der Waals surface area contributed by atoms with Crippen LogP contribution in [0.15, 0.2) is 24.3 Å². The molecular formula is C71H134O6. The zero-order chi connectivity index (χ0) is 55.7.